The molecule has 100 valence electrons. The molecule has 0 aliphatic heterocycles. The first-order valence-electron chi connectivity index (χ1n) is 5.96. The molecule has 4 nitrogen and oxygen atoms in total. The molecule has 0 radical (unpaired) electrons. The van der Waals surface area contributed by atoms with Gasteiger partial charge in [-0.3, -0.25) is 4.79 Å². The van der Waals surface area contributed by atoms with Gasteiger partial charge in [0, 0.05) is 0 Å². The molecule has 1 atom stereocenters. The molecule has 18 heavy (non-hydrogen) atoms. The third-order valence-corrected chi connectivity index (χ3v) is 3.06. The van der Waals surface area contributed by atoms with Crippen LogP contribution in [0.15, 0.2) is 24.3 Å². The molecule has 0 aromatic heterocycles. The first-order valence-corrected chi connectivity index (χ1v) is 7.35. The zero-order valence-corrected chi connectivity index (χ0v) is 11.6. The van der Waals surface area contributed by atoms with E-state index in [0.29, 0.717) is 24.5 Å². The van der Waals surface area contributed by atoms with Crippen LogP contribution in [0, 0.1) is 0 Å². The van der Waals surface area contributed by atoms with Crippen molar-refractivity contribution >= 4 is 23.4 Å². The number of ether oxygens (including phenoxy) is 1. The average molecular weight is 268 g/mol. The molecule has 0 bridgehead atoms. The first-order chi connectivity index (χ1) is 8.69. The van der Waals surface area contributed by atoms with E-state index in [1.807, 2.05) is 37.4 Å². The Labute approximate surface area is 112 Å². The number of amides is 1. The van der Waals surface area contributed by atoms with E-state index in [-0.39, 0.29) is 5.91 Å². The molecular formula is C13H20N2O2S. The predicted octanol–water partition coefficient (Wildman–Crippen LogP) is 2.10. The lowest BCUT2D eigenvalue weighted by Gasteiger charge is -2.14. The Balaban J connectivity index is 2.63. The highest BCUT2D eigenvalue weighted by Gasteiger charge is 2.14. The largest absolute Gasteiger partial charge is 0.492 e. The van der Waals surface area contributed by atoms with Crippen LogP contribution in [-0.4, -0.2) is 30.6 Å². The summed E-state index contributed by atoms with van der Waals surface area (Å²) in [6, 6.07) is 6.88. The Kier molecular flexibility index (Phi) is 6.60. The number of hydrogen-bond donors (Lipinski definition) is 2. The fourth-order valence-electron chi connectivity index (χ4n) is 1.45. The van der Waals surface area contributed by atoms with Gasteiger partial charge in [0.05, 0.1) is 18.3 Å². The number of thioether (sulfide) groups is 1. The van der Waals surface area contributed by atoms with Gasteiger partial charge < -0.3 is 15.8 Å². The van der Waals surface area contributed by atoms with Crippen molar-refractivity contribution in [1.82, 2.24) is 0 Å². The summed E-state index contributed by atoms with van der Waals surface area (Å²) in [5, 5.41) is 2.81. The number of hydrogen-bond acceptors (Lipinski definition) is 4. The van der Waals surface area contributed by atoms with Crippen LogP contribution in [0.4, 0.5) is 5.69 Å². The number of para-hydroxylation sites is 2. The molecule has 5 heteroatoms. The second-order valence-corrected chi connectivity index (χ2v) is 4.79. The zero-order chi connectivity index (χ0) is 13.4. The SMILES string of the molecule is CCOc1ccccc1NC(=O)[C@@H](N)CCSC. The van der Waals surface area contributed by atoms with Crippen LogP contribution in [0.5, 0.6) is 5.75 Å². The summed E-state index contributed by atoms with van der Waals surface area (Å²) in [6.45, 7) is 2.47. The highest BCUT2D eigenvalue weighted by Crippen LogP contribution is 2.23. The van der Waals surface area contributed by atoms with Gasteiger partial charge >= 0.3 is 0 Å². The molecule has 1 rings (SSSR count). The Morgan fingerprint density at radius 1 is 1.50 bits per heavy atom. The van der Waals surface area contributed by atoms with Crippen LogP contribution in [0.3, 0.4) is 0 Å². The van der Waals surface area contributed by atoms with E-state index in [1.165, 1.54) is 0 Å². The van der Waals surface area contributed by atoms with Crippen LogP contribution in [0.1, 0.15) is 13.3 Å². The van der Waals surface area contributed by atoms with Crippen molar-refractivity contribution in [2.45, 2.75) is 19.4 Å². The third kappa shape index (κ3) is 4.58. The average Bonchev–Trinajstić information content (AvgIpc) is 2.38. The number of carbonyl (C=O) groups is 1. The van der Waals surface area contributed by atoms with Crippen molar-refractivity contribution in [3.63, 3.8) is 0 Å². The number of carbonyl (C=O) groups excluding carboxylic acids is 1. The van der Waals surface area contributed by atoms with Crippen LogP contribution in [-0.2, 0) is 4.79 Å². The van der Waals surface area contributed by atoms with Gasteiger partial charge in [-0.1, -0.05) is 12.1 Å². The lowest BCUT2D eigenvalue weighted by Crippen LogP contribution is -2.36. The van der Waals surface area contributed by atoms with Gasteiger partial charge in [0.15, 0.2) is 0 Å². The summed E-state index contributed by atoms with van der Waals surface area (Å²) >= 11 is 1.68. The molecule has 0 fully saturated rings. The van der Waals surface area contributed by atoms with Crippen LogP contribution < -0.4 is 15.8 Å². The van der Waals surface area contributed by atoms with Crippen molar-refractivity contribution in [3.8, 4) is 5.75 Å². The van der Waals surface area contributed by atoms with Gasteiger partial charge in [0.25, 0.3) is 0 Å². The summed E-state index contributed by atoms with van der Waals surface area (Å²) in [5.74, 6) is 1.38. The van der Waals surface area contributed by atoms with E-state index in [2.05, 4.69) is 5.32 Å². The normalized spacial score (nSPS) is 11.9. The Bertz CT molecular complexity index is 385. The molecule has 0 aliphatic rings. The molecule has 0 aliphatic carbocycles. The third-order valence-electron chi connectivity index (χ3n) is 2.41. The van der Waals surface area contributed by atoms with Crippen molar-refractivity contribution in [1.29, 1.82) is 0 Å². The Morgan fingerprint density at radius 2 is 2.22 bits per heavy atom. The lowest BCUT2D eigenvalue weighted by atomic mass is 10.2. The standard InChI is InChI=1S/C13H20N2O2S/c1-3-17-12-7-5-4-6-11(12)15-13(16)10(14)8-9-18-2/h4-7,10H,3,8-9,14H2,1-2H3,(H,15,16)/t10-/m0/s1. The molecule has 0 spiro atoms. The molecule has 0 saturated carbocycles. The molecule has 0 unspecified atom stereocenters. The summed E-state index contributed by atoms with van der Waals surface area (Å²) in [7, 11) is 0. The Morgan fingerprint density at radius 3 is 2.89 bits per heavy atom. The minimum atomic E-state index is -0.480. The van der Waals surface area contributed by atoms with Crippen LogP contribution >= 0.6 is 11.8 Å². The monoisotopic (exact) mass is 268 g/mol. The molecule has 1 amide bonds. The quantitative estimate of drug-likeness (QED) is 0.795. The lowest BCUT2D eigenvalue weighted by molar-refractivity contribution is -0.117. The van der Waals surface area contributed by atoms with Gasteiger partial charge in [0.2, 0.25) is 5.91 Å². The fraction of sp³-hybridized carbons (Fsp3) is 0.462. The molecular weight excluding hydrogens is 248 g/mol. The van der Waals surface area contributed by atoms with E-state index in [4.69, 9.17) is 10.5 Å². The second-order valence-electron chi connectivity index (χ2n) is 3.81. The van der Waals surface area contributed by atoms with E-state index in [9.17, 15) is 4.79 Å². The topological polar surface area (TPSA) is 64.3 Å². The smallest absolute Gasteiger partial charge is 0.241 e. The van der Waals surface area contributed by atoms with Gasteiger partial charge in [-0.05, 0) is 37.5 Å². The number of nitrogens with two attached hydrogens (primary N) is 1. The van der Waals surface area contributed by atoms with Gasteiger partial charge in [-0.15, -0.1) is 0 Å². The number of nitrogens with one attached hydrogen (secondary N) is 1. The minimum Gasteiger partial charge on any atom is -0.492 e. The molecule has 3 N–H and O–H groups in total. The summed E-state index contributed by atoms with van der Waals surface area (Å²) in [5.41, 5.74) is 6.48. The molecule has 0 heterocycles. The summed E-state index contributed by atoms with van der Waals surface area (Å²) < 4.78 is 5.44. The number of rotatable bonds is 7. The predicted molar refractivity (Wildman–Crippen MR) is 77.2 cm³/mol. The number of benzene rings is 1. The number of anilines is 1. The molecule has 0 saturated heterocycles. The highest BCUT2D eigenvalue weighted by atomic mass is 32.2. The van der Waals surface area contributed by atoms with Gasteiger partial charge in [0.1, 0.15) is 5.75 Å². The highest BCUT2D eigenvalue weighted by molar-refractivity contribution is 7.98. The second kappa shape index (κ2) is 8.00. The van der Waals surface area contributed by atoms with Gasteiger partial charge in [-0.2, -0.15) is 11.8 Å². The maximum Gasteiger partial charge on any atom is 0.241 e. The Hall–Kier alpha value is -1.20. The van der Waals surface area contributed by atoms with Crippen LogP contribution in [0.2, 0.25) is 0 Å². The molecule has 1 aromatic carbocycles. The maximum atomic E-state index is 11.9. The molecule has 1 aromatic rings. The van der Waals surface area contributed by atoms with E-state index in [0.717, 1.165) is 5.75 Å². The van der Waals surface area contributed by atoms with E-state index in [1.54, 1.807) is 11.8 Å². The van der Waals surface area contributed by atoms with Crippen LogP contribution in [0.25, 0.3) is 0 Å². The van der Waals surface area contributed by atoms with Gasteiger partial charge in [-0.25, -0.2) is 0 Å². The zero-order valence-electron chi connectivity index (χ0n) is 10.8. The first kappa shape index (κ1) is 14.9. The maximum absolute atomic E-state index is 11.9. The fourth-order valence-corrected chi connectivity index (χ4v) is 1.94. The van der Waals surface area contributed by atoms with Crippen molar-refractivity contribution < 1.29 is 9.53 Å². The van der Waals surface area contributed by atoms with Crippen molar-refractivity contribution in [3.05, 3.63) is 24.3 Å². The van der Waals surface area contributed by atoms with E-state index >= 15 is 0 Å². The minimum absolute atomic E-state index is 0.170. The van der Waals surface area contributed by atoms with Crippen molar-refractivity contribution in [2.75, 3.05) is 23.9 Å². The van der Waals surface area contributed by atoms with Crippen molar-refractivity contribution in [2.24, 2.45) is 5.73 Å². The summed E-state index contributed by atoms with van der Waals surface area (Å²) in [4.78, 5) is 11.9. The van der Waals surface area contributed by atoms with E-state index < -0.39 is 6.04 Å². The summed E-state index contributed by atoms with van der Waals surface area (Å²) in [6.07, 6.45) is 2.67.